The van der Waals surface area contributed by atoms with Crippen molar-refractivity contribution in [3.8, 4) is 0 Å². The van der Waals surface area contributed by atoms with Crippen molar-refractivity contribution in [1.82, 2.24) is 19.7 Å². The van der Waals surface area contributed by atoms with Crippen molar-refractivity contribution in [2.75, 3.05) is 19.6 Å². The second-order valence-electron chi connectivity index (χ2n) is 5.91. The van der Waals surface area contributed by atoms with Gasteiger partial charge >= 0.3 is 5.97 Å². The molecule has 1 aromatic rings. The van der Waals surface area contributed by atoms with Crippen LogP contribution in [0.2, 0.25) is 0 Å². The molecule has 6 nitrogen and oxygen atoms in total. The lowest BCUT2D eigenvalue weighted by molar-refractivity contribution is -0.139. The van der Waals surface area contributed by atoms with E-state index in [1.807, 2.05) is 0 Å². The monoisotopic (exact) mass is 278 g/mol. The summed E-state index contributed by atoms with van der Waals surface area (Å²) >= 11 is 0. The Balaban J connectivity index is 1.74. The Kier molecular flexibility index (Phi) is 3.74. The Bertz CT molecular complexity index is 499. The molecule has 0 radical (unpaired) electrons. The minimum absolute atomic E-state index is 0.472. The van der Waals surface area contributed by atoms with Gasteiger partial charge in [-0.3, -0.25) is 4.79 Å². The number of hydrogen-bond donors (Lipinski definition) is 1. The van der Waals surface area contributed by atoms with Crippen molar-refractivity contribution in [3.63, 3.8) is 0 Å². The Morgan fingerprint density at radius 3 is 2.90 bits per heavy atom. The van der Waals surface area contributed by atoms with Gasteiger partial charge in [0.2, 0.25) is 0 Å². The summed E-state index contributed by atoms with van der Waals surface area (Å²) in [6, 6.07) is 0. The van der Waals surface area contributed by atoms with Gasteiger partial charge in [0.1, 0.15) is 17.6 Å². The third-order valence-electron chi connectivity index (χ3n) is 4.63. The van der Waals surface area contributed by atoms with E-state index in [1.165, 1.54) is 13.0 Å². The van der Waals surface area contributed by atoms with E-state index in [9.17, 15) is 9.90 Å². The summed E-state index contributed by atoms with van der Waals surface area (Å²) in [6.07, 6.45) is 3.72. The van der Waals surface area contributed by atoms with E-state index in [0.717, 1.165) is 38.3 Å². The van der Waals surface area contributed by atoms with Crippen LogP contribution in [-0.2, 0) is 17.8 Å². The van der Waals surface area contributed by atoms with Gasteiger partial charge in [0.15, 0.2) is 0 Å². The van der Waals surface area contributed by atoms with E-state index >= 15 is 0 Å². The molecule has 2 atom stereocenters. The Morgan fingerprint density at radius 1 is 1.35 bits per heavy atom. The van der Waals surface area contributed by atoms with Crippen LogP contribution in [-0.4, -0.2) is 50.4 Å². The number of carboxylic acid groups (broad SMARTS) is 1. The molecule has 2 aliphatic rings. The molecule has 6 heteroatoms. The molecular weight excluding hydrogens is 256 g/mol. The smallest absolute Gasteiger partial charge is 0.314 e. The van der Waals surface area contributed by atoms with E-state index in [0.29, 0.717) is 18.2 Å². The molecule has 0 saturated carbocycles. The fraction of sp³-hybridized carbons (Fsp3) is 0.786. The molecule has 0 amide bonds. The number of carbonyl (C=O) groups is 1. The second kappa shape index (κ2) is 5.52. The number of rotatable bonds is 4. The zero-order chi connectivity index (χ0) is 14.1. The first-order chi connectivity index (χ1) is 9.69. The van der Waals surface area contributed by atoms with Crippen LogP contribution in [0.1, 0.15) is 43.8 Å². The normalized spacial score (nSPS) is 26.6. The number of carboxylic acids is 1. The number of fused-ring (bicyclic) bond motifs is 1. The Labute approximate surface area is 118 Å². The van der Waals surface area contributed by atoms with Gasteiger partial charge in [-0.1, -0.05) is 6.92 Å². The topological polar surface area (TPSA) is 71.2 Å². The molecule has 0 spiro atoms. The lowest BCUT2D eigenvalue weighted by Gasteiger charge is -2.21. The zero-order valence-electron chi connectivity index (χ0n) is 12.0. The van der Waals surface area contributed by atoms with E-state index in [4.69, 9.17) is 0 Å². The van der Waals surface area contributed by atoms with Crippen LogP contribution in [0.15, 0.2) is 0 Å². The number of aromatic nitrogens is 3. The van der Waals surface area contributed by atoms with Gasteiger partial charge in [-0.05, 0) is 38.3 Å². The molecule has 20 heavy (non-hydrogen) atoms. The van der Waals surface area contributed by atoms with Crippen LogP contribution in [0.3, 0.4) is 0 Å². The number of nitrogens with zero attached hydrogens (tertiary/aromatic N) is 4. The first kappa shape index (κ1) is 13.5. The summed E-state index contributed by atoms with van der Waals surface area (Å²) < 4.78 is 2.05. The van der Waals surface area contributed by atoms with Gasteiger partial charge in [-0.2, -0.15) is 0 Å². The minimum Gasteiger partial charge on any atom is -0.481 e. The highest BCUT2D eigenvalue weighted by Gasteiger charge is 2.31. The average molecular weight is 278 g/mol. The highest BCUT2D eigenvalue weighted by molar-refractivity contribution is 5.75. The summed E-state index contributed by atoms with van der Waals surface area (Å²) in [5.74, 6) is 1.02. The van der Waals surface area contributed by atoms with Crippen LogP contribution in [0.5, 0.6) is 0 Å². The van der Waals surface area contributed by atoms with Crippen LogP contribution in [0.25, 0.3) is 0 Å². The summed E-state index contributed by atoms with van der Waals surface area (Å²) in [4.78, 5) is 13.7. The lowest BCUT2D eigenvalue weighted by atomic mass is 9.98. The fourth-order valence-electron chi connectivity index (χ4n) is 3.44. The predicted molar refractivity (Wildman–Crippen MR) is 73.6 cm³/mol. The maximum Gasteiger partial charge on any atom is 0.314 e. The molecule has 3 rings (SSSR count). The van der Waals surface area contributed by atoms with E-state index in [2.05, 4.69) is 26.6 Å². The highest BCUT2D eigenvalue weighted by Crippen LogP contribution is 2.28. The van der Waals surface area contributed by atoms with Gasteiger partial charge < -0.3 is 14.6 Å². The Hall–Kier alpha value is -1.43. The van der Waals surface area contributed by atoms with Crippen molar-refractivity contribution in [3.05, 3.63) is 11.6 Å². The van der Waals surface area contributed by atoms with E-state index in [1.54, 1.807) is 0 Å². The van der Waals surface area contributed by atoms with Gasteiger partial charge in [-0.15, -0.1) is 10.2 Å². The molecule has 0 aliphatic carbocycles. The number of likely N-dealkylation sites (tertiary alicyclic amines) is 1. The third-order valence-corrected chi connectivity index (χ3v) is 4.63. The SMILES string of the molecule is CCN1CCC(Cc2nnc3n2CCCC3C(=O)O)C1. The summed E-state index contributed by atoms with van der Waals surface area (Å²) in [7, 11) is 0. The van der Waals surface area contributed by atoms with Crippen LogP contribution < -0.4 is 0 Å². The molecular formula is C14H22N4O2. The molecule has 1 aromatic heterocycles. The third kappa shape index (κ3) is 2.44. The van der Waals surface area contributed by atoms with E-state index in [-0.39, 0.29) is 0 Å². The summed E-state index contributed by atoms with van der Waals surface area (Å²) in [6.45, 7) is 6.46. The Morgan fingerprint density at radius 2 is 2.20 bits per heavy atom. The lowest BCUT2D eigenvalue weighted by Crippen LogP contribution is -2.24. The molecule has 1 saturated heterocycles. The molecule has 3 heterocycles. The van der Waals surface area contributed by atoms with Crippen molar-refractivity contribution in [2.45, 2.75) is 45.1 Å². The molecule has 1 fully saturated rings. The summed E-state index contributed by atoms with van der Waals surface area (Å²) in [5, 5.41) is 17.7. The molecule has 2 aliphatic heterocycles. The van der Waals surface area contributed by atoms with E-state index < -0.39 is 11.9 Å². The largest absolute Gasteiger partial charge is 0.481 e. The molecule has 0 bridgehead atoms. The van der Waals surface area contributed by atoms with Crippen molar-refractivity contribution >= 4 is 5.97 Å². The van der Waals surface area contributed by atoms with Gasteiger partial charge in [0.25, 0.3) is 0 Å². The van der Waals surface area contributed by atoms with Gasteiger partial charge in [0, 0.05) is 19.5 Å². The predicted octanol–water partition coefficient (Wildman–Crippen LogP) is 1.12. The first-order valence-corrected chi connectivity index (χ1v) is 7.56. The second-order valence-corrected chi connectivity index (χ2v) is 5.91. The fourth-order valence-corrected chi connectivity index (χ4v) is 3.44. The van der Waals surface area contributed by atoms with Crippen molar-refractivity contribution < 1.29 is 9.90 Å². The maximum atomic E-state index is 11.3. The maximum absolute atomic E-state index is 11.3. The average Bonchev–Trinajstić information content (AvgIpc) is 3.06. The van der Waals surface area contributed by atoms with Gasteiger partial charge in [0.05, 0.1) is 0 Å². The zero-order valence-corrected chi connectivity index (χ0v) is 12.0. The van der Waals surface area contributed by atoms with Crippen LogP contribution in [0, 0.1) is 5.92 Å². The van der Waals surface area contributed by atoms with Gasteiger partial charge in [-0.25, -0.2) is 0 Å². The van der Waals surface area contributed by atoms with Crippen molar-refractivity contribution in [2.24, 2.45) is 5.92 Å². The minimum atomic E-state index is -0.775. The molecule has 1 N–H and O–H groups in total. The van der Waals surface area contributed by atoms with Crippen LogP contribution in [0.4, 0.5) is 0 Å². The first-order valence-electron chi connectivity index (χ1n) is 7.56. The van der Waals surface area contributed by atoms with Crippen LogP contribution >= 0.6 is 0 Å². The highest BCUT2D eigenvalue weighted by atomic mass is 16.4. The molecule has 0 aromatic carbocycles. The molecule has 110 valence electrons. The quantitative estimate of drug-likeness (QED) is 0.893. The number of aliphatic carboxylic acids is 1. The summed E-state index contributed by atoms with van der Waals surface area (Å²) in [5.41, 5.74) is 0. The van der Waals surface area contributed by atoms with Crippen molar-refractivity contribution in [1.29, 1.82) is 0 Å². The standard InChI is InChI=1S/C14H22N4O2/c1-2-17-7-5-10(9-17)8-12-15-16-13-11(14(19)20)4-3-6-18(12)13/h10-11H,2-9H2,1H3,(H,19,20). The molecule has 2 unspecified atom stereocenters. The number of hydrogen-bond acceptors (Lipinski definition) is 4.